The molecule has 2 aromatic carbocycles. The molecule has 0 aliphatic carbocycles. The second kappa shape index (κ2) is 9.83. The molecule has 0 amide bonds. The molecule has 2 aromatic rings. The number of ether oxygens (including phenoxy) is 1. The minimum absolute atomic E-state index is 0. The Hall–Kier alpha value is -1.73. The van der Waals surface area contributed by atoms with Gasteiger partial charge in [-0.2, -0.15) is 0 Å². The van der Waals surface area contributed by atoms with E-state index in [1.807, 2.05) is 12.1 Å². The first-order valence-electron chi connectivity index (χ1n) is 8.39. The molecule has 142 valence electrons. The normalized spacial score (nSPS) is 15.4. The summed E-state index contributed by atoms with van der Waals surface area (Å²) in [6.07, 6.45) is -0.886. The molecule has 4 nitrogen and oxygen atoms in total. The third-order valence-electron chi connectivity index (χ3n) is 4.31. The average Bonchev–Trinajstić information content (AvgIpc) is 2.65. The minimum atomic E-state index is -0.949. The lowest BCUT2D eigenvalue weighted by atomic mass is 10.1. The molecule has 0 radical (unpaired) electrons. The van der Waals surface area contributed by atoms with Crippen molar-refractivity contribution in [2.24, 2.45) is 0 Å². The van der Waals surface area contributed by atoms with Crippen LogP contribution in [0.5, 0.6) is 0 Å². The third-order valence-corrected chi connectivity index (χ3v) is 4.31. The van der Waals surface area contributed by atoms with Gasteiger partial charge >= 0.3 is 0 Å². The Kier molecular flexibility index (Phi) is 7.78. The van der Waals surface area contributed by atoms with Gasteiger partial charge in [0.05, 0.1) is 19.3 Å². The van der Waals surface area contributed by atoms with Crippen LogP contribution in [-0.4, -0.2) is 38.0 Å². The fraction of sp³-hybridized carbons (Fsp3) is 0.368. The first kappa shape index (κ1) is 20.6. The fourth-order valence-electron chi connectivity index (χ4n) is 2.84. The second-order valence-electron chi connectivity index (χ2n) is 6.09. The molecule has 1 aliphatic heterocycles. The highest BCUT2D eigenvalue weighted by Crippen LogP contribution is 2.18. The predicted octanol–water partition coefficient (Wildman–Crippen LogP) is 3.05. The number of halogens is 3. The number of hydrogen-bond acceptors (Lipinski definition) is 4. The van der Waals surface area contributed by atoms with Crippen molar-refractivity contribution < 1.29 is 18.6 Å². The molecule has 1 unspecified atom stereocenters. The number of hydrogen-bond donors (Lipinski definition) is 2. The van der Waals surface area contributed by atoms with Crippen molar-refractivity contribution in [1.29, 1.82) is 0 Å². The summed E-state index contributed by atoms with van der Waals surface area (Å²) < 4.78 is 31.5. The van der Waals surface area contributed by atoms with Gasteiger partial charge in [-0.3, -0.25) is 0 Å². The molecule has 0 saturated carbocycles. The maximum Gasteiger partial charge on any atom is 0.159 e. The summed E-state index contributed by atoms with van der Waals surface area (Å²) in [5.41, 5.74) is 2.62. The molecule has 1 aliphatic rings. The largest absolute Gasteiger partial charge is 0.387 e. The second-order valence-corrected chi connectivity index (χ2v) is 6.09. The number of rotatable bonds is 6. The van der Waals surface area contributed by atoms with Crippen molar-refractivity contribution in [2.45, 2.75) is 12.6 Å². The number of benzene rings is 2. The lowest BCUT2D eigenvalue weighted by molar-refractivity contribution is 0.122. The van der Waals surface area contributed by atoms with Crippen molar-refractivity contribution in [3.8, 4) is 0 Å². The molecule has 2 N–H and O–H groups in total. The summed E-state index contributed by atoms with van der Waals surface area (Å²) in [6.45, 7) is 4.16. The van der Waals surface area contributed by atoms with E-state index >= 15 is 0 Å². The number of anilines is 1. The Morgan fingerprint density at radius 1 is 1.04 bits per heavy atom. The van der Waals surface area contributed by atoms with E-state index in [-0.39, 0.29) is 19.0 Å². The van der Waals surface area contributed by atoms with Crippen LogP contribution in [-0.2, 0) is 11.3 Å². The van der Waals surface area contributed by atoms with Gasteiger partial charge < -0.3 is 20.1 Å². The summed E-state index contributed by atoms with van der Waals surface area (Å²) in [4.78, 5) is 2.29. The first-order chi connectivity index (χ1) is 12.1. The van der Waals surface area contributed by atoms with Crippen LogP contribution in [0.2, 0.25) is 0 Å². The van der Waals surface area contributed by atoms with E-state index < -0.39 is 17.7 Å². The topological polar surface area (TPSA) is 44.7 Å². The number of nitrogens with one attached hydrogen (secondary N) is 1. The van der Waals surface area contributed by atoms with Gasteiger partial charge in [-0.15, -0.1) is 12.4 Å². The molecule has 0 bridgehead atoms. The Balaban J connectivity index is 0.00000243. The number of morpholine rings is 1. The van der Waals surface area contributed by atoms with Gasteiger partial charge in [-0.25, -0.2) is 8.78 Å². The van der Waals surface area contributed by atoms with Crippen molar-refractivity contribution >= 4 is 18.1 Å². The van der Waals surface area contributed by atoms with E-state index in [0.29, 0.717) is 12.1 Å². The Morgan fingerprint density at radius 3 is 2.38 bits per heavy atom. The SMILES string of the molecule is Cl.OC(CNCc1ccc(N2CCOCC2)cc1)c1ccc(F)c(F)c1. The number of aliphatic hydroxyl groups is 1. The molecular formula is C19H23ClF2N2O2. The van der Waals surface area contributed by atoms with Gasteiger partial charge in [-0.1, -0.05) is 18.2 Å². The highest BCUT2D eigenvalue weighted by molar-refractivity contribution is 5.85. The Bertz CT molecular complexity index is 694. The van der Waals surface area contributed by atoms with Crippen LogP contribution in [0.4, 0.5) is 14.5 Å². The van der Waals surface area contributed by atoms with Gasteiger partial charge in [0.15, 0.2) is 11.6 Å². The fourth-order valence-corrected chi connectivity index (χ4v) is 2.84. The minimum Gasteiger partial charge on any atom is -0.387 e. The monoisotopic (exact) mass is 384 g/mol. The highest BCUT2D eigenvalue weighted by Gasteiger charge is 2.12. The van der Waals surface area contributed by atoms with Crippen molar-refractivity contribution in [3.05, 3.63) is 65.2 Å². The molecule has 7 heteroatoms. The zero-order valence-electron chi connectivity index (χ0n) is 14.3. The zero-order valence-corrected chi connectivity index (χ0v) is 15.1. The van der Waals surface area contributed by atoms with Gasteiger partial charge in [0.25, 0.3) is 0 Å². The van der Waals surface area contributed by atoms with Crippen molar-refractivity contribution in [1.82, 2.24) is 5.32 Å². The molecule has 0 spiro atoms. The maximum atomic E-state index is 13.2. The molecule has 1 atom stereocenters. The Labute approximate surface area is 158 Å². The first-order valence-corrected chi connectivity index (χ1v) is 8.39. The van der Waals surface area contributed by atoms with Gasteiger partial charge in [0.2, 0.25) is 0 Å². The van der Waals surface area contributed by atoms with Gasteiger partial charge in [0, 0.05) is 31.9 Å². The van der Waals surface area contributed by atoms with Crippen LogP contribution in [0.15, 0.2) is 42.5 Å². The lowest BCUT2D eigenvalue weighted by Gasteiger charge is -2.28. The smallest absolute Gasteiger partial charge is 0.159 e. The zero-order chi connectivity index (χ0) is 17.6. The summed E-state index contributed by atoms with van der Waals surface area (Å²) in [7, 11) is 0. The van der Waals surface area contributed by atoms with E-state index in [4.69, 9.17) is 4.74 Å². The summed E-state index contributed by atoms with van der Waals surface area (Å²) in [6, 6.07) is 11.7. The average molecular weight is 385 g/mol. The summed E-state index contributed by atoms with van der Waals surface area (Å²) >= 11 is 0. The van der Waals surface area contributed by atoms with E-state index in [9.17, 15) is 13.9 Å². The van der Waals surface area contributed by atoms with Crippen LogP contribution in [0.1, 0.15) is 17.2 Å². The Morgan fingerprint density at radius 2 is 1.73 bits per heavy atom. The highest BCUT2D eigenvalue weighted by atomic mass is 35.5. The van der Waals surface area contributed by atoms with Crippen LogP contribution < -0.4 is 10.2 Å². The lowest BCUT2D eigenvalue weighted by Crippen LogP contribution is -2.36. The van der Waals surface area contributed by atoms with Crippen LogP contribution in [0.25, 0.3) is 0 Å². The summed E-state index contributed by atoms with van der Waals surface area (Å²) in [5.74, 6) is -1.86. The van der Waals surface area contributed by atoms with Crippen LogP contribution in [0.3, 0.4) is 0 Å². The van der Waals surface area contributed by atoms with Gasteiger partial charge in [-0.05, 0) is 35.4 Å². The van der Waals surface area contributed by atoms with Crippen LogP contribution >= 0.6 is 12.4 Å². The number of aliphatic hydroxyl groups excluding tert-OH is 1. The molecule has 0 aromatic heterocycles. The van der Waals surface area contributed by atoms with Crippen molar-refractivity contribution in [3.63, 3.8) is 0 Å². The predicted molar refractivity (Wildman–Crippen MR) is 99.7 cm³/mol. The molecular weight excluding hydrogens is 362 g/mol. The van der Waals surface area contributed by atoms with Crippen LogP contribution in [0, 0.1) is 11.6 Å². The molecule has 1 fully saturated rings. The van der Waals surface area contributed by atoms with Gasteiger partial charge in [0.1, 0.15) is 0 Å². The molecule has 1 heterocycles. The maximum absolute atomic E-state index is 13.2. The third kappa shape index (κ3) is 5.38. The van der Waals surface area contributed by atoms with Crippen molar-refractivity contribution in [2.75, 3.05) is 37.7 Å². The van der Waals surface area contributed by atoms with E-state index in [1.54, 1.807) is 0 Å². The molecule has 3 rings (SSSR count). The van der Waals surface area contributed by atoms with E-state index in [0.717, 1.165) is 44.0 Å². The molecule has 26 heavy (non-hydrogen) atoms. The standard InChI is InChI=1S/C19H22F2N2O2.ClH/c20-17-6-3-15(11-18(17)21)19(24)13-22-12-14-1-4-16(5-2-14)23-7-9-25-10-8-23;/h1-6,11,19,22,24H,7-10,12-13H2;1H. The summed E-state index contributed by atoms with van der Waals surface area (Å²) in [5, 5.41) is 13.2. The van der Waals surface area contributed by atoms with E-state index in [1.165, 1.54) is 11.8 Å². The van der Waals surface area contributed by atoms with E-state index in [2.05, 4.69) is 22.3 Å². The quantitative estimate of drug-likeness (QED) is 0.803. The molecule has 1 saturated heterocycles. The number of nitrogens with zero attached hydrogens (tertiary/aromatic N) is 1.